The molecule has 0 amide bonds. The number of methoxy groups -OCH3 is 1. The summed E-state index contributed by atoms with van der Waals surface area (Å²) in [5, 5.41) is 3.67. The summed E-state index contributed by atoms with van der Waals surface area (Å²) in [6.07, 6.45) is 5.43. The second-order valence-corrected chi connectivity index (χ2v) is 5.80. The van der Waals surface area contributed by atoms with E-state index in [2.05, 4.69) is 28.4 Å². The quantitative estimate of drug-likeness (QED) is 0.850. The highest BCUT2D eigenvalue weighted by molar-refractivity contribution is 5.28. The van der Waals surface area contributed by atoms with Crippen LogP contribution in [0.5, 0.6) is 5.75 Å². The molecule has 3 rings (SSSR count). The SMILES string of the molecule is COc1cccc(CN2CCCC2CNC2CC2)c1. The zero-order valence-electron chi connectivity index (χ0n) is 11.8. The molecule has 1 aromatic rings. The second-order valence-electron chi connectivity index (χ2n) is 5.80. The van der Waals surface area contributed by atoms with Gasteiger partial charge in [0.1, 0.15) is 5.75 Å². The Kier molecular flexibility index (Phi) is 4.04. The molecule has 3 heteroatoms. The van der Waals surface area contributed by atoms with Gasteiger partial charge in [-0.05, 0) is 49.9 Å². The first kappa shape index (κ1) is 12.9. The van der Waals surface area contributed by atoms with Gasteiger partial charge in [0.15, 0.2) is 0 Å². The normalized spacial score (nSPS) is 23.7. The van der Waals surface area contributed by atoms with Crippen molar-refractivity contribution >= 4 is 0 Å². The monoisotopic (exact) mass is 260 g/mol. The van der Waals surface area contributed by atoms with Crippen LogP contribution in [-0.2, 0) is 6.54 Å². The van der Waals surface area contributed by atoms with Crippen LogP contribution in [0.1, 0.15) is 31.2 Å². The molecule has 2 aliphatic rings. The summed E-state index contributed by atoms with van der Waals surface area (Å²) < 4.78 is 5.30. The molecule has 104 valence electrons. The van der Waals surface area contributed by atoms with Crippen molar-refractivity contribution in [2.75, 3.05) is 20.2 Å². The van der Waals surface area contributed by atoms with Crippen molar-refractivity contribution in [3.05, 3.63) is 29.8 Å². The minimum Gasteiger partial charge on any atom is -0.497 e. The summed E-state index contributed by atoms with van der Waals surface area (Å²) >= 11 is 0. The lowest BCUT2D eigenvalue weighted by Gasteiger charge is -2.25. The number of hydrogen-bond acceptors (Lipinski definition) is 3. The van der Waals surface area contributed by atoms with E-state index in [1.807, 2.05) is 6.07 Å². The van der Waals surface area contributed by atoms with Crippen LogP contribution < -0.4 is 10.1 Å². The predicted octanol–water partition coefficient (Wildman–Crippen LogP) is 2.41. The van der Waals surface area contributed by atoms with E-state index in [4.69, 9.17) is 4.74 Å². The Balaban J connectivity index is 1.57. The van der Waals surface area contributed by atoms with Gasteiger partial charge >= 0.3 is 0 Å². The first-order valence-electron chi connectivity index (χ1n) is 7.45. The van der Waals surface area contributed by atoms with Gasteiger partial charge < -0.3 is 10.1 Å². The largest absolute Gasteiger partial charge is 0.497 e. The summed E-state index contributed by atoms with van der Waals surface area (Å²) in [4.78, 5) is 2.62. The van der Waals surface area contributed by atoms with Gasteiger partial charge in [-0.1, -0.05) is 12.1 Å². The van der Waals surface area contributed by atoms with Crippen molar-refractivity contribution < 1.29 is 4.74 Å². The fraction of sp³-hybridized carbons (Fsp3) is 0.625. The van der Waals surface area contributed by atoms with Gasteiger partial charge in [0.25, 0.3) is 0 Å². The van der Waals surface area contributed by atoms with Gasteiger partial charge in [-0.25, -0.2) is 0 Å². The van der Waals surface area contributed by atoms with Gasteiger partial charge in [-0.15, -0.1) is 0 Å². The molecular weight excluding hydrogens is 236 g/mol. The average molecular weight is 260 g/mol. The third kappa shape index (κ3) is 3.48. The Labute approximate surface area is 115 Å². The van der Waals surface area contributed by atoms with E-state index in [1.165, 1.54) is 37.8 Å². The molecule has 3 nitrogen and oxygen atoms in total. The lowest BCUT2D eigenvalue weighted by molar-refractivity contribution is 0.238. The van der Waals surface area contributed by atoms with Crippen molar-refractivity contribution in [1.29, 1.82) is 0 Å². The van der Waals surface area contributed by atoms with Gasteiger partial charge in [0.2, 0.25) is 0 Å². The van der Waals surface area contributed by atoms with Gasteiger partial charge in [-0.3, -0.25) is 4.90 Å². The first-order valence-corrected chi connectivity index (χ1v) is 7.45. The Morgan fingerprint density at radius 3 is 3.00 bits per heavy atom. The topological polar surface area (TPSA) is 24.5 Å². The predicted molar refractivity (Wildman–Crippen MR) is 77.5 cm³/mol. The van der Waals surface area contributed by atoms with Crippen molar-refractivity contribution in [2.24, 2.45) is 0 Å². The van der Waals surface area contributed by atoms with E-state index in [-0.39, 0.29) is 0 Å². The number of nitrogens with zero attached hydrogens (tertiary/aromatic N) is 1. The number of hydrogen-bond donors (Lipinski definition) is 1. The number of likely N-dealkylation sites (tertiary alicyclic amines) is 1. The minimum absolute atomic E-state index is 0.715. The third-order valence-corrected chi connectivity index (χ3v) is 4.24. The smallest absolute Gasteiger partial charge is 0.119 e. The summed E-state index contributed by atoms with van der Waals surface area (Å²) in [6.45, 7) is 3.44. The van der Waals surface area contributed by atoms with Crippen LogP contribution in [0.2, 0.25) is 0 Å². The first-order chi connectivity index (χ1) is 9.35. The fourth-order valence-corrected chi connectivity index (χ4v) is 2.93. The molecule has 2 fully saturated rings. The summed E-state index contributed by atoms with van der Waals surface area (Å²) in [5.41, 5.74) is 1.36. The van der Waals surface area contributed by atoms with E-state index in [9.17, 15) is 0 Å². The molecular formula is C16H24N2O. The molecule has 0 radical (unpaired) electrons. The minimum atomic E-state index is 0.715. The molecule has 1 saturated heterocycles. The van der Waals surface area contributed by atoms with E-state index in [1.54, 1.807) is 7.11 Å². The molecule has 1 atom stereocenters. The maximum atomic E-state index is 5.30. The molecule has 0 bridgehead atoms. The van der Waals surface area contributed by atoms with Gasteiger partial charge in [0.05, 0.1) is 7.11 Å². The number of ether oxygens (including phenoxy) is 1. The van der Waals surface area contributed by atoms with E-state index >= 15 is 0 Å². The molecule has 1 heterocycles. The highest BCUT2D eigenvalue weighted by Gasteiger charge is 2.27. The molecule has 1 aromatic carbocycles. The Morgan fingerprint density at radius 2 is 2.21 bits per heavy atom. The fourth-order valence-electron chi connectivity index (χ4n) is 2.93. The van der Waals surface area contributed by atoms with Crippen molar-refractivity contribution in [3.63, 3.8) is 0 Å². The highest BCUT2D eigenvalue weighted by atomic mass is 16.5. The zero-order chi connectivity index (χ0) is 13.1. The van der Waals surface area contributed by atoms with Crippen molar-refractivity contribution in [2.45, 2.75) is 44.3 Å². The standard InChI is InChI=1S/C16H24N2O/c1-19-16-6-2-4-13(10-16)12-18-9-3-5-15(18)11-17-14-7-8-14/h2,4,6,10,14-15,17H,3,5,7-9,11-12H2,1H3. The number of rotatable bonds is 6. The van der Waals surface area contributed by atoms with Crippen molar-refractivity contribution in [1.82, 2.24) is 10.2 Å². The summed E-state index contributed by atoms with van der Waals surface area (Å²) in [5.74, 6) is 0.962. The van der Waals surface area contributed by atoms with Crippen LogP contribution in [-0.4, -0.2) is 37.2 Å². The van der Waals surface area contributed by atoms with E-state index in [0.717, 1.165) is 24.9 Å². The average Bonchev–Trinajstić information content (AvgIpc) is 3.17. The Morgan fingerprint density at radius 1 is 1.32 bits per heavy atom. The third-order valence-electron chi connectivity index (χ3n) is 4.24. The maximum Gasteiger partial charge on any atom is 0.119 e. The lowest BCUT2D eigenvalue weighted by atomic mass is 10.1. The molecule has 0 spiro atoms. The van der Waals surface area contributed by atoms with Crippen LogP contribution >= 0.6 is 0 Å². The Bertz CT molecular complexity index is 417. The molecule has 1 saturated carbocycles. The number of nitrogens with one attached hydrogen (secondary N) is 1. The Hall–Kier alpha value is -1.06. The molecule has 1 aliphatic heterocycles. The summed E-state index contributed by atoms with van der Waals surface area (Å²) in [7, 11) is 1.73. The van der Waals surface area contributed by atoms with Gasteiger partial charge in [0, 0.05) is 25.2 Å². The van der Waals surface area contributed by atoms with E-state index in [0.29, 0.717) is 6.04 Å². The lowest BCUT2D eigenvalue weighted by Crippen LogP contribution is -2.38. The molecule has 1 unspecified atom stereocenters. The van der Waals surface area contributed by atoms with Crippen LogP contribution in [0.4, 0.5) is 0 Å². The zero-order valence-corrected chi connectivity index (χ0v) is 11.8. The van der Waals surface area contributed by atoms with Crippen molar-refractivity contribution in [3.8, 4) is 5.75 Å². The van der Waals surface area contributed by atoms with E-state index < -0.39 is 0 Å². The van der Waals surface area contributed by atoms with Gasteiger partial charge in [-0.2, -0.15) is 0 Å². The molecule has 1 N–H and O–H groups in total. The number of benzene rings is 1. The van der Waals surface area contributed by atoms with Crippen LogP contribution in [0.15, 0.2) is 24.3 Å². The summed E-state index contributed by atoms with van der Waals surface area (Å²) in [6, 6.07) is 9.99. The van der Waals surface area contributed by atoms with Crippen LogP contribution in [0.25, 0.3) is 0 Å². The second kappa shape index (κ2) is 5.93. The molecule has 1 aliphatic carbocycles. The van der Waals surface area contributed by atoms with Crippen LogP contribution in [0, 0.1) is 0 Å². The highest BCUT2D eigenvalue weighted by Crippen LogP contribution is 2.23. The molecule has 0 aromatic heterocycles. The maximum absolute atomic E-state index is 5.30. The molecule has 19 heavy (non-hydrogen) atoms. The van der Waals surface area contributed by atoms with Crippen LogP contribution in [0.3, 0.4) is 0 Å².